The van der Waals surface area contributed by atoms with Crippen molar-refractivity contribution in [1.29, 1.82) is 0 Å². The minimum absolute atomic E-state index is 0.0675. The molecular formula is C15H12BrNO. The predicted molar refractivity (Wildman–Crippen MR) is 76.6 cm³/mol. The van der Waals surface area contributed by atoms with Crippen LogP contribution in [0.1, 0.15) is 11.1 Å². The average molecular weight is 302 g/mol. The summed E-state index contributed by atoms with van der Waals surface area (Å²) in [6.45, 7) is 2.08. The van der Waals surface area contributed by atoms with Gasteiger partial charge in [-0.1, -0.05) is 40.2 Å². The standard InChI is InChI=1S/C15H12BrNO/c1-9-4-2-3-5-12(9)13-8-11(16)6-10-7-14(18)17-15(10)13/h2-6,8H,7H2,1H3,(H,17,18). The van der Waals surface area contributed by atoms with Crippen molar-refractivity contribution in [3.05, 3.63) is 52.0 Å². The van der Waals surface area contributed by atoms with Crippen LogP contribution < -0.4 is 5.32 Å². The highest BCUT2D eigenvalue weighted by Gasteiger charge is 2.22. The molecule has 0 aromatic heterocycles. The Morgan fingerprint density at radius 2 is 1.94 bits per heavy atom. The van der Waals surface area contributed by atoms with Gasteiger partial charge in [-0.15, -0.1) is 0 Å². The fourth-order valence-electron chi connectivity index (χ4n) is 2.39. The summed E-state index contributed by atoms with van der Waals surface area (Å²) in [5.41, 5.74) is 5.48. The Labute approximate surface area is 114 Å². The normalized spacial score (nSPS) is 13.3. The molecule has 0 spiro atoms. The van der Waals surface area contributed by atoms with Crippen molar-refractivity contribution in [1.82, 2.24) is 0 Å². The molecule has 90 valence electrons. The summed E-state index contributed by atoms with van der Waals surface area (Å²) in [6, 6.07) is 12.3. The summed E-state index contributed by atoms with van der Waals surface area (Å²) >= 11 is 3.52. The minimum Gasteiger partial charge on any atom is -0.325 e. The number of halogens is 1. The first-order chi connectivity index (χ1) is 8.65. The maximum Gasteiger partial charge on any atom is 0.228 e. The number of fused-ring (bicyclic) bond motifs is 1. The van der Waals surface area contributed by atoms with E-state index in [1.165, 1.54) is 5.56 Å². The van der Waals surface area contributed by atoms with E-state index in [-0.39, 0.29) is 5.91 Å². The molecule has 1 heterocycles. The molecule has 0 fully saturated rings. The number of carbonyl (C=O) groups is 1. The van der Waals surface area contributed by atoms with Gasteiger partial charge >= 0.3 is 0 Å². The Hall–Kier alpha value is -1.61. The summed E-state index contributed by atoms with van der Waals surface area (Å²) in [5.74, 6) is 0.0675. The van der Waals surface area contributed by atoms with E-state index >= 15 is 0 Å². The van der Waals surface area contributed by atoms with Gasteiger partial charge in [0.25, 0.3) is 0 Å². The third-order valence-corrected chi connectivity index (χ3v) is 3.69. The van der Waals surface area contributed by atoms with Crippen LogP contribution in [0.4, 0.5) is 5.69 Å². The van der Waals surface area contributed by atoms with Gasteiger partial charge in [0.1, 0.15) is 0 Å². The van der Waals surface area contributed by atoms with E-state index < -0.39 is 0 Å². The molecular weight excluding hydrogens is 290 g/mol. The van der Waals surface area contributed by atoms with Gasteiger partial charge in [-0.05, 0) is 35.7 Å². The smallest absolute Gasteiger partial charge is 0.228 e. The molecule has 0 unspecified atom stereocenters. The molecule has 2 nitrogen and oxygen atoms in total. The number of nitrogens with one attached hydrogen (secondary N) is 1. The number of hydrogen-bond acceptors (Lipinski definition) is 1. The average Bonchev–Trinajstić information content (AvgIpc) is 2.69. The Morgan fingerprint density at radius 3 is 2.72 bits per heavy atom. The molecule has 0 saturated carbocycles. The molecule has 0 bridgehead atoms. The molecule has 3 heteroatoms. The Balaban J connectivity index is 2.25. The number of aryl methyl sites for hydroxylation is 1. The van der Waals surface area contributed by atoms with E-state index in [0.29, 0.717) is 6.42 Å². The van der Waals surface area contributed by atoms with Gasteiger partial charge < -0.3 is 5.32 Å². The van der Waals surface area contributed by atoms with Crippen molar-refractivity contribution in [2.75, 3.05) is 5.32 Å². The molecule has 2 aromatic rings. The third-order valence-electron chi connectivity index (χ3n) is 3.24. The maximum absolute atomic E-state index is 11.6. The third kappa shape index (κ3) is 1.85. The monoisotopic (exact) mass is 301 g/mol. The van der Waals surface area contributed by atoms with Gasteiger partial charge in [-0.3, -0.25) is 4.79 Å². The minimum atomic E-state index is 0.0675. The second kappa shape index (κ2) is 4.25. The van der Waals surface area contributed by atoms with Crippen LogP contribution in [-0.4, -0.2) is 5.91 Å². The predicted octanol–water partition coefficient (Wildman–Crippen LogP) is 3.92. The number of carbonyl (C=O) groups excluding carboxylic acids is 1. The molecule has 1 aliphatic rings. The number of rotatable bonds is 1. The molecule has 3 rings (SSSR count). The van der Waals surface area contributed by atoms with Crippen LogP contribution in [0, 0.1) is 6.92 Å². The van der Waals surface area contributed by atoms with Crippen LogP contribution in [0.5, 0.6) is 0 Å². The molecule has 0 radical (unpaired) electrons. The lowest BCUT2D eigenvalue weighted by Gasteiger charge is -2.11. The number of amides is 1. The molecule has 0 atom stereocenters. The van der Waals surface area contributed by atoms with Crippen LogP contribution >= 0.6 is 15.9 Å². The number of benzene rings is 2. The lowest BCUT2D eigenvalue weighted by molar-refractivity contribution is -0.115. The van der Waals surface area contributed by atoms with Gasteiger partial charge in [-0.25, -0.2) is 0 Å². The van der Waals surface area contributed by atoms with E-state index in [9.17, 15) is 4.79 Å². The Kier molecular flexibility index (Phi) is 2.71. The van der Waals surface area contributed by atoms with Gasteiger partial charge in [0, 0.05) is 10.0 Å². The highest BCUT2D eigenvalue weighted by atomic mass is 79.9. The fourth-order valence-corrected chi connectivity index (χ4v) is 2.90. The van der Waals surface area contributed by atoms with Crippen LogP contribution in [0.2, 0.25) is 0 Å². The van der Waals surface area contributed by atoms with Crippen LogP contribution in [0.25, 0.3) is 11.1 Å². The van der Waals surface area contributed by atoms with Crippen LogP contribution in [0.15, 0.2) is 40.9 Å². The maximum atomic E-state index is 11.6. The fraction of sp³-hybridized carbons (Fsp3) is 0.133. The van der Waals surface area contributed by atoms with Gasteiger partial charge in [-0.2, -0.15) is 0 Å². The highest BCUT2D eigenvalue weighted by Crippen LogP contribution is 2.38. The summed E-state index contributed by atoms with van der Waals surface area (Å²) < 4.78 is 1.01. The molecule has 0 aliphatic carbocycles. The van der Waals surface area contributed by atoms with Crippen molar-refractivity contribution < 1.29 is 4.79 Å². The molecule has 1 amide bonds. The lowest BCUT2D eigenvalue weighted by Crippen LogP contribution is -2.04. The zero-order chi connectivity index (χ0) is 12.7. The zero-order valence-corrected chi connectivity index (χ0v) is 11.5. The molecule has 2 aromatic carbocycles. The van der Waals surface area contributed by atoms with E-state index in [4.69, 9.17) is 0 Å². The van der Waals surface area contributed by atoms with Crippen LogP contribution in [0.3, 0.4) is 0 Å². The van der Waals surface area contributed by atoms with Gasteiger partial charge in [0.15, 0.2) is 0 Å². The van der Waals surface area contributed by atoms with E-state index in [1.807, 2.05) is 18.2 Å². The first kappa shape index (κ1) is 11.5. The van der Waals surface area contributed by atoms with Crippen molar-refractivity contribution in [3.63, 3.8) is 0 Å². The van der Waals surface area contributed by atoms with E-state index in [2.05, 4.69) is 46.4 Å². The van der Waals surface area contributed by atoms with E-state index in [0.717, 1.165) is 26.9 Å². The highest BCUT2D eigenvalue weighted by molar-refractivity contribution is 9.10. The summed E-state index contributed by atoms with van der Waals surface area (Å²) in [7, 11) is 0. The Bertz CT molecular complexity index is 649. The lowest BCUT2D eigenvalue weighted by atomic mass is 9.97. The summed E-state index contributed by atoms with van der Waals surface area (Å²) in [4.78, 5) is 11.6. The molecule has 0 saturated heterocycles. The van der Waals surface area contributed by atoms with Crippen molar-refractivity contribution in [2.45, 2.75) is 13.3 Å². The quantitative estimate of drug-likeness (QED) is 0.850. The first-order valence-electron chi connectivity index (χ1n) is 5.83. The second-order valence-electron chi connectivity index (χ2n) is 4.53. The SMILES string of the molecule is Cc1ccccc1-c1cc(Br)cc2c1NC(=O)C2. The molecule has 1 aliphatic heterocycles. The van der Waals surface area contributed by atoms with Crippen molar-refractivity contribution in [2.24, 2.45) is 0 Å². The van der Waals surface area contributed by atoms with Gasteiger partial charge in [0.2, 0.25) is 5.91 Å². The Morgan fingerprint density at radius 1 is 1.17 bits per heavy atom. The van der Waals surface area contributed by atoms with Crippen LogP contribution in [-0.2, 0) is 11.2 Å². The van der Waals surface area contributed by atoms with Gasteiger partial charge in [0.05, 0.1) is 12.1 Å². The van der Waals surface area contributed by atoms with E-state index in [1.54, 1.807) is 0 Å². The summed E-state index contributed by atoms with van der Waals surface area (Å²) in [6.07, 6.45) is 0.466. The molecule has 18 heavy (non-hydrogen) atoms. The first-order valence-corrected chi connectivity index (χ1v) is 6.63. The van der Waals surface area contributed by atoms with Crippen molar-refractivity contribution >= 4 is 27.5 Å². The van der Waals surface area contributed by atoms with Crippen molar-refractivity contribution in [3.8, 4) is 11.1 Å². The topological polar surface area (TPSA) is 29.1 Å². The largest absolute Gasteiger partial charge is 0.325 e. The summed E-state index contributed by atoms with van der Waals surface area (Å²) in [5, 5.41) is 2.96. The molecule has 1 N–H and O–H groups in total. The number of anilines is 1. The second-order valence-corrected chi connectivity index (χ2v) is 5.44. The number of hydrogen-bond donors (Lipinski definition) is 1. The zero-order valence-electron chi connectivity index (χ0n) is 9.96.